The molecular formula is C24H27NO6. The summed E-state index contributed by atoms with van der Waals surface area (Å²) in [5.41, 5.74) is 2.93. The van der Waals surface area contributed by atoms with Gasteiger partial charge in [-0.25, -0.2) is 0 Å². The number of rotatable bonds is 6. The summed E-state index contributed by atoms with van der Waals surface area (Å²) in [5.74, 6) is 0.859. The lowest BCUT2D eigenvalue weighted by Crippen LogP contribution is -2.27. The quantitative estimate of drug-likeness (QED) is 0.690. The van der Waals surface area contributed by atoms with Crippen LogP contribution in [0.3, 0.4) is 0 Å². The fourth-order valence-electron chi connectivity index (χ4n) is 4.27. The summed E-state index contributed by atoms with van der Waals surface area (Å²) in [6.07, 6.45) is 3.05. The van der Waals surface area contributed by atoms with Gasteiger partial charge < -0.3 is 24.6 Å². The number of carbonyl (C=O) groups excluding carboxylic acids is 1. The lowest BCUT2D eigenvalue weighted by Gasteiger charge is -2.22. The van der Waals surface area contributed by atoms with E-state index in [2.05, 4.69) is 11.9 Å². The van der Waals surface area contributed by atoms with Gasteiger partial charge in [0.1, 0.15) is 0 Å². The van der Waals surface area contributed by atoms with Crippen molar-refractivity contribution in [3.8, 4) is 34.1 Å². The first-order chi connectivity index (χ1) is 14.9. The largest absolute Gasteiger partial charge is 0.504 e. The van der Waals surface area contributed by atoms with Gasteiger partial charge >= 0.3 is 0 Å². The van der Waals surface area contributed by atoms with Crippen LogP contribution in [0.4, 0.5) is 0 Å². The van der Waals surface area contributed by atoms with Crippen molar-refractivity contribution in [2.75, 3.05) is 21.3 Å². The molecule has 2 aromatic rings. The normalized spacial score (nSPS) is 14.5. The second-order valence-electron chi connectivity index (χ2n) is 7.32. The Morgan fingerprint density at radius 3 is 2.52 bits per heavy atom. The van der Waals surface area contributed by atoms with Crippen molar-refractivity contribution in [1.82, 2.24) is 5.32 Å². The highest BCUT2D eigenvalue weighted by Crippen LogP contribution is 2.51. The zero-order valence-corrected chi connectivity index (χ0v) is 18.2. The van der Waals surface area contributed by atoms with Gasteiger partial charge in [-0.3, -0.25) is 9.59 Å². The zero-order valence-electron chi connectivity index (χ0n) is 18.2. The van der Waals surface area contributed by atoms with Crippen LogP contribution in [0.1, 0.15) is 36.1 Å². The van der Waals surface area contributed by atoms with E-state index in [-0.39, 0.29) is 18.1 Å². The number of fused-ring (bicyclic) bond motifs is 3. The summed E-state index contributed by atoms with van der Waals surface area (Å²) in [6, 6.07) is 4.46. The van der Waals surface area contributed by atoms with Crippen molar-refractivity contribution in [3.63, 3.8) is 0 Å². The molecule has 1 atom stereocenters. The van der Waals surface area contributed by atoms with Crippen LogP contribution >= 0.6 is 0 Å². The molecule has 1 aliphatic carbocycles. The minimum absolute atomic E-state index is 0.207. The second kappa shape index (κ2) is 9.12. The summed E-state index contributed by atoms with van der Waals surface area (Å²) >= 11 is 0. The van der Waals surface area contributed by atoms with E-state index in [4.69, 9.17) is 14.2 Å². The highest BCUT2D eigenvalue weighted by atomic mass is 16.5. The van der Waals surface area contributed by atoms with Gasteiger partial charge in [0.05, 0.1) is 27.4 Å². The molecule has 7 nitrogen and oxygen atoms in total. The number of hydrogen-bond donors (Lipinski definition) is 2. The first-order valence-electron chi connectivity index (χ1n) is 9.97. The van der Waals surface area contributed by atoms with E-state index in [1.54, 1.807) is 19.3 Å². The van der Waals surface area contributed by atoms with Gasteiger partial charge in [-0.2, -0.15) is 0 Å². The number of aromatic hydroxyl groups is 1. The third kappa shape index (κ3) is 3.95. The number of amides is 1. The molecular weight excluding hydrogens is 398 g/mol. The van der Waals surface area contributed by atoms with Gasteiger partial charge in [0, 0.05) is 18.1 Å². The molecule has 0 heterocycles. The van der Waals surface area contributed by atoms with Gasteiger partial charge in [-0.05, 0) is 54.2 Å². The molecule has 0 saturated carbocycles. The molecule has 1 aliphatic rings. The predicted molar refractivity (Wildman–Crippen MR) is 118 cm³/mol. The summed E-state index contributed by atoms with van der Waals surface area (Å²) in [4.78, 5) is 24.5. The number of allylic oxidation sites excluding steroid dienone is 1. The SMILES string of the molecule is C=CCc1c2c(ccc(=O)c1O)-c1c(cc(OC)c(OC)c1OC)CC[C@@H]2NC(C)=O. The minimum Gasteiger partial charge on any atom is -0.504 e. The topological polar surface area (TPSA) is 94.1 Å². The maximum absolute atomic E-state index is 12.5. The third-order valence-corrected chi connectivity index (χ3v) is 5.49. The molecule has 2 aromatic carbocycles. The lowest BCUT2D eigenvalue weighted by atomic mass is 9.91. The van der Waals surface area contributed by atoms with Crippen LogP contribution in [0.15, 0.2) is 35.6 Å². The molecule has 0 saturated heterocycles. The van der Waals surface area contributed by atoms with E-state index in [9.17, 15) is 14.7 Å². The number of hydrogen-bond acceptors (Lipinski definition) is 6. The van der Waals surface area contributed by atoms with Gasteiger partial charge in [0.15, 0.2) is 17.2 Å². The Labute approximate surface area is 181 Å². The standard InChI is InChI=1S/C24H27NO6/c1-6-7-16-21-15(9-11-18(27)22(16)28)20-14(8-10-17(21)25-13(2)26)12-19(29-3)23(30-4)24(20)31-5/h6,9,11-12,17H,1,7-8,10H2,2-5H3,(H,25,26)(H,27,28)/t17-/m0/s1. The zero-order chi connectivity index (χ0) is 22.7. The van der Waals surface area contributed by atoms with Crippen molar-refractivity contribution in [2.45, 2.75) is 32.2 Å². The van der Waals surface area contributed by atoms with Crippen LogP contribution in [0.2, 0.25) is 0 Å². The molecule has 0 bridgehead atoms. The first-order valence-corrected chi connectivity index (χ1v) is 9.97. The average Bonchev–Trinajstić information content (AvgIpc) is 2.97. The Balaban J connectivity index is 2.52. The van der Waals surface area contributed by atoms with Crippen LogP contribution in [-0.2, 0) is 17.6 Å². The predicted octanol–water partition coefficient (Wildman–Crippen LogP) is 3.30. The number of benzene rings is 1. The molecule has 3 rings (SSSR count). The van der Waals surface area contributed by atoms with Crippen LogP contribution in [0.25, 0.3) is 11.1 Å². The van der Waals surface area contributed by atoms with Gasteiger partial charge in [0.2, 0.25) is 17.1 Å². The van der Waals surface area contributed by atoms with Gasteiger partial charge in [0.25, 0.3) is 0 Å². The second-order valence-corrected chi connectivity index (χ2v) is 7.32. The van der Waals surface area contributed by atoms with Crippen molar-refractivity contribution < 1.29 is 24.1 Å². The van der Waals surface area contributed by atoms with E-state index >= 15 is 0 Å². The molecule has 0 spiro atoms. The van der Waals surface area contributed by atoms with E-state index in [0.29, 0.717) is 46.8 Å². The fraction of sp³-hybridized carbons (Fsp3) is 0.333. The minimum atomic E-state index is -0.507. The van der Waals surface area contributed by atoms with E-state index in [1.807, 2.05) is 6.07 Å². The number of carbonyl (C=O) groups is 1. The Morgan fingerprint density at radius 1 is 1.23 bits per heavy atom. The van der Waals surface area contributed by atoms with E-state index in [0.717, 1.165) is 11.1 Å². The highest BCUT2D eigenvalue weighted by molar-refractivity contribution is 5.84. The Bertz CT molecular complexity index is 1090. The Kier molecular flexibility index (Phi) is 6.53. The molecule has 31 heavy (non-hydrogen) atoms. The van der Waals surface area contributed by atoms with E-state index in [1.165, 1.54) is 27.2 Å². The molecule has 164 valence electrons. The molecule has 0 aromatic heterocycles. The molecule has 7 heteroatoms. The molecule has 0 unspecified atom stereocenters. The van der Waals surface area contributed by atoms with Gasteiger partial charge in [-0.15, -0.1) is 6.58 Å². The molecule has 1 amide bonds. The summed E-state index contributed by atoms with van der Waals surface area (Å²) < 4.78 is 16.8. The van der Waals surface area contributed by atoms with Crippen molar-refractivity contribution in [2.24, 2.45) is 0 Å². The summed E-state index contributed by atoms with van der Waals surface area (Å²) in [5, 5.41) is 13.7. The Morgan fingerprint density at radius 2 is 1.94 bits per heavy atom. The molecule has 2 N–H and O–H groups in total. The number of methoxy groups -OCH3 is 3. The maximum atomic E-state index is 12.5. The third-order valence-electron chi connectivity index (χ3n) is 5.49. The number of nitrogens with one attached hydrogen (secondary N) is 1. The average molecular weight is 425 g/mol. The van der Waals surface area contributed by atoms with Crippen LogP contribution in [0.5, 0.6) is 23.0 Å². The summed E-state index contributed by atoms with van der Waals surface area (Å²) in [7, 11) is 4.62. The lowest BCUT2D eigenvalue weighted by molar-refractivity contribution is -0.119. The highest BCUT2D eigenvalue weighted by Gasteiger charge is 2.31. The molecule has 0 radical (unpaired) electrons. The number of aryl methyl sites for hydroxylation is 1. The van der Waals surface area contributed by atoms with Gasteiger partial charge in [-0.1, -0.05) is 6.08 Å². The van der Waals surface area contributed by atoms with Crippen LogP contribution in [0, 0.1) is 0 Å². The van der Waals surface area contributed by atoms with Crippen LogP contribution in [-0.4, -0.2) is 32.3 Å². The van der Waals surface area contributed by atoms with Crippen molar-refractivity contribution >= 4 is 5.91 Å². The summed E-state index contributed by atoms with van der Waals surface area (Å²) in [6.45, 7) is 5.22. The van der Waals surface area contributed by atoms with E-state index < -0.39 is 11.5 Å². The maximum Gasteiger partial charge on any atom is 0.220 e. The Hall–Kier alpha value is -3.48. The number of ether oxygens (including phenoxy) is 3. The molecule has 0 fully saturated rings. The monoisotopic (exact) mass is 425 g/mol. The molecule has 0 aliphatic heterocycles. The fourth-order valence-corrected chi connectivity index (χ4v) is 4.27. The first kappa shape index (κ1) is 22.2. The van der Waals surface area contributed by atoms with Crippen molar-refractivity contribution in [1.29, 1.82) is 0 Å². The van der Waals surface area contributed by atoms with Crippen LogP contribution < -0.4 is 25.0 Å². The van der Waals surface area contributed by atoms with Crippen molar-refractivity contribution in [3.05, 3.63) is 57.8 Å². The smallest absolute Gasteiger partial charge is 0.220 e.